The molecule has 0 fully saturated rings. The molecule has 0 aliphatic carbocycles. The average Bonchev–Trinajstić information content (AvgIpc) is 2.77. The van der Waals surface area contributed by atoms with E-state index < -0.39 is 35.6 Å². The number of ether oxygens (including phenoxy) is 1. The van der Waals surface area contributed by atoms with Crippen LogP contribution in [0.15, 0.2) is 42.5 Å². The molecule has 0 saturated carbocycles. The monoisotopic (exact) mass is 497 g/mol. The number of aromatic hydroxyl groups is 1. The minimum Gasteiger partial charge on any atom is -0.508 e. The third-order valence-corrected chi connectivity index (χ3v) is 5.61. The van der Waals surface area contributed by atoms with Gasteiger partial charge in [0.1, 0.15) is 23.4 Å². The zero-order chi connectivity index (χ0) is 27.0. The summed E-state index contributed by atoms with van der Waals surface area (Å²) >= 11 is 0. The summed E-state index contributed by atoms with van der Waals surface area (Å²) in [5.74, 6) is -0.855. The summed E-state index contributed by atoms with van der Waals surface area (Å²) in [6.45, 7) is 12.9. The second kappa shape index (κ2) is 12.4. The molecule has 2 rings (SSSR count). The van der Waals surface area contributed by atoms with Crippen LogP contribution >= 0.6 is 0 Å². The molecule has 0 aliphatic heterocycles. The van der Waals surface area contributed by atoms with Crippen molar-refractivity contribution >= 4 is 23.6 Å². The van der Waals surface area contributed by atoms with Gasteiger partial charge in [-0.2, -0.15) is 0 Å². The van der Waals surface area contributed by atoms with Crippen molar-refractivity contribution in [2.45, 2.75) is 79.0 Å². The van der Waals surface area contributed by atoms with Crippen LogP contribution in [0.5, 0.6) is 5.75 Å². The Kier molecular flexibility index (Phi) is 9.90. The molecular formula is C28H39N3O5. The van der Waals surface area contributed by atoms with Gasteiger partial charge in [0.15, 0.2) is 0 Å². The molecule has 196 valence electrons. The normalized spacial score (nSPS) is 12.9. The van der Waals surface area contributed by atoms with Gasteiger partial charge >= 0.3 is 6.09 Å². The summed E-state index contributed by atoms with van der Waals surface area (Å²) in [5, 5.41) is 15.7. The van der Waals surface area contributed by atoms with E-state index in [9.17, 15) is 19.5 Å². The number of alkyl carbamates (subject to hydrolysis) is 1. The second-order valence-corrected chi connectivity index (χ2v) is 10.0. The first-order chi connectivity index (χ1) is 16.8. The molecule has 0 bridgehead atoms. The second-order valence-electron chi connectivity index (χ2n) is 10.0. The van der Waals surface area contributed by atoms with Gasteiger partial charge in [0.2, 0.25) is 5.91 Å². The molecule has 2 aromatic carbocycles. The Balaban J connectivity index is 2.46. The Morgan fingerprint density at radius 2 is 1.67 bits per heavy atom. The first-order valence-electron chi connectivity index (χ1n) is 12.3. The predicted octanol–water partition coefficient (Wildman–Crippen LogP) is 5.23. The number of nitrogens with one attached hydrogen (secondary N) is 2. The number of carbonyl (C=O) groups is 3. The van der Waals surface area contributed by atoms with Crippen LogP contribution in [0.2, 0.25) is 0 Å². The Morgan fingerprint density at radius 1 is 1.06 bits per heavy atom. The zero-order valence-electron chi connectivity index (χ0n) is 22.3. The lowest BCUT2D eigenvalue weighted by atomic mass is 10.0. The highest BCUT2D eigenvalue weighted by molar-refractivity contribution is 5.99. The number of hydrogen-bond acceptors (Lipinski definition) is 5. The fraction of sp³-hybridized carbons (Fsp3) is 0.464. The molecule has 2 atom stereocenters. The number of benzene rings is 2. The summed E-state index contributed by atoms with van der Waals surface area (Å²) in [4.78, 5) is 41.2. The van der Waals surface area contributed by atoms with Crippen LogP contribution < -0.4 is 10.6 Å². The molecule has 0 heterocycles. The van der Waals surface area contributed by atoms with Gasteiger partial charge in [-0.25, -0.2) is 4.79 Å². The van der Waals surface area contributed by atoms with Crippen LogP contribution in [0.25, 0.3) is 0 Å². The number of hydrogen-bond donors (Lipinski definition) is 3. The fourth-order valence-corrected chi connectivity index (χ4v) is 3.86. The lowest BCUT2D eigenvalue weighted by Crippen LogP contribution is -2.51. The number of phenolic OH excluding ortho intramolecular Hbond substituents is 1. The summed E-state index contributed by atoms with van der Waals surface area (Å²) in [5.41, 5.74) is 2.21. The lowest BCUT2D eigenvalue weighted by Gasteiger charge is -2.34. The van der Waals surface area contributed by atoms with Gasteiger partial charge in [-0.05, 0) is 76.8 Å². The molecule has 8 nitrogen and oxygen atoms in total. The predicted molar refractivity (Wildman–Crippen MR) is 141 cm³/mol. The highest BCUT2D eigenvalue weighted by atomic mass is 16.6. The van der Waals surface area contributed by atoms with E-state index in [0.717, 1.165) is 17.5 Å². The fourth-order valence-electron chi connectivity index (χ4n) is 3.86. The molecule has 0 saturated heterocycles. The maximum absolute atomic E-state index is 13.8. The van der Waals surface area contributed by atoms with Crippen LogP contribution in [0.4, 0.5) is 10.5 Å². The lowest BCUT2D eigenvalue weighted by molar-refractivity contribution is -0.140. The molecule has 0 aliphatic rings. The van der Waals surface area contributed by atoms with Crippen LogP contribution in [0, 0.1) is 13.8 Å². The number of anilines is 1. The molecular weight excluding hydrogens is 458 g/mol. The number of carbonyl (C=O) groups excluding carboxylic acids is 3. The van der Waals surface area contributed by atoms with Crippen LogP contribution in [-0.4, -0.2) is 46.1 Å². The van der Waals surface area contributed by atoms with Crippen molar-refractivity contribution < 1.29 is 24.2 Å². The van der Waals surface area contributed by atoms with E-state index in [4.69, 9.17) is 4.74 Å². The molecule has 36 heavy (non-hydrogen) atoms. The van der Waals surface area contributed by atoms with Crippen molar-refractivity contribution in [1.82, 2.24) is 10.2 Å². The van der Waals surface area contributed by atoms with Crippen molar-refractivity contribution in [2.75, 3.05) is 11.9 Å². The molecule has 0 aromatic heterocycles. The van der Waals surface area contributed by atoms with Gasteiger partial charge < -0.3 is 25.4 Å². The summed E-state index contributed by atoms with van der Waals surface area (Å²) in [7, 11) is 0. The molecule has 0 radical (unpaired) electrons. The molecule has 0 spiro atoms. The Morgan fingerprint density at radius 3 is 2.22 bits per heavy atom. The SMILES string of the molecule is CCCCN(C(=O)C(C)NC(=O)OC(C)(C)C)C(C(=O)Nc1c(C)cccc1C)c1cccc(O)c1. The third kappa shape index (κ3) is 8.00. The average molecular weight is 498 g/mol. The van der Waals surface area contributed by atoms with E-state index in [1.54, 1.807) is 39.8 Å². The molecule has 3 N–H and O–H groups in total. The smallest absolute Gasteiger partial charge is 0.408 e. The van der Waals surface area contributed by atoms with Gasteiger partial charge in [0.05, 0.1) is 0 Å². The van der Waals surface area contributed by atoms with E-state index in [1.165, 1.54) is 17.0 Å². The molecule has 2 aromatic rings. The van der Waals surface area contributed by atoms with Crippen molar-refractivity contribution in [3.63, 3.8) is 0 Å². The Labute approximate surface area is 214 Å². The van der Waals surface area contributed by atoms with E-state index >= 15 is 0 Å². The van der Waals surface area contributed by atoms with E-state index in [1.807, 2.05) is 39.0 Å². The van der Waals surface area contributed by atoms with Crippen molar-refractivity contribution in [3.8, 4) is 5.75 Å². The van der Waals surface area contributed by atoms with E-state index in [2.05, 4.69) is 10.6 Å². The maximum Gasteiger partial charge on any atom is 0.408 e. The van der Waals surface area contributed by atoms with Crippen molar-refractivity contribution in [2.24, 2.45) is 0 Å². The standard InChI is InChI=1S/C28H39N3O5/c1-8-9-16-31(26(34)20(4)29-27(35)36-28(5,6)7)24(21-14-11-15-22(32)17-21)25(33)30-23-18(2)12-10-13-19(23)3/h10-15,17,20,24,32H,8-9,16H2,1-7H3,(H,29,35)(H,30,33). The molecule has 3 amide bonds. The van der Waals surface area contributed by atoms with Gasteiger partial charge in [-0.1, -0.05) is 43.7 Å². The van der Waals surface area contributed by atoms with Crippen molar-refractivity contribution in [1.29, 1.82) is 0 Å². The summed E-state index contributed by atoms with van der Waals surface area (Å²) < 4.78 is 5.30. The zero-order valence-corrected chi connectivity index (χ0v) is 22.3. The maximum atomic E-state index is 13.8. The van der Waals surface area contributed by atoms with Crippen LogP contribution in [0.1, 0.15) is 70.2 Å². The largest absolute Gasteiger partial charge is 0.508 e. The van der Waals surface area contributed by atoms with Gasteiger partial charge in [0.25, 0.3) is 5.91 Å². The number of aryl methyl sites for hydroxylation is 2. The van der Waals surface area contributed by atoms with Crippen molar-refractivity contribution in [3.05, 3.63) is 59.2 Å². The Hall–Kier alpha value is -3.55. The number of para-hydroxylation sites is 1. The van der Waals surface area contributed by atoms with Gasteiger partial charge in [-0.3, -0.25) is 9.59 Å². The number of phenols is 1. The summed E-state index contributed by atoms with van der Waals surface area (Å²) in [6.07, 6.45) is 0.729. The van der Waals surface area contributed by atoms with Gasteiger partial charge in [-0.15, -0.1) is 0 Å². The van der Waals surface area contributed by atoms with E-state index in [0.29, 0.717) is 17.7 Å². The number of nitrogens with zero attached hydrogens (tertiary/aromatic N) is 1. The number of amides is 3. The summed E-state index contributed by atoms with van der Waals surface area (Å²) in [6, 6.07) is 10.1. The first-order valence-corrected chi connectivity index (χ1v) is 12.3. The minimum atomic E-state index is -1.03. The highest BCUT2D eigenvalue weighted by Crippen LogP contribution is 2.29. The minimum absolute atomic E-state index is 0.0137. The van der Waals surface area contributed by atoms with Gasteiger partial charge in [0, 0.05) is 12.2 Å². The molecule has 8 heteroatoms. The third-order valence-electron chi connectivity index (χ3n) is 5.61. The highest BCUT2D eigenvalue weighted by Gasteiger charge is 2.35. The first kappa shape index (κ1) is 28.7. The van der Waals surface area contributed by atoms with E-state index in [-0.39, 0.29) is 12.3 Å². The van der Waals surface area contributed by atoms with Crippen LogP contribution in [0.3, 0.4) is 0 Å². The quantitative estimate of drug-likeness (QED) is 0.440. The molecule has 2 unspecified atom stereocenters. The van der Waals surface area contributed by atoms with Crippen LogP contribution in [-0.2, 0) is 14.3 Å². The topological polar surface area (TPSA) is 108 Å². The number of rotatable bonds is 9. The number of unbranched alkanes of at least 4 members (excludes halogenated alkanes) is 1. The Bertz CT molecular complexity index is 1060.